The van der Waals surface area contributed by atoms with E-state index in [1.165, 1.54) is 29.6 Å². The van der Waals surface area contributed by atoms with Crippen molar-refractivity contribution in [1.82, 2.24) is 9.29 Å². The van der Waals surface area contributed by atoms with Gasteiger partial charge in [0.25, 0.3) is 10.0 Å². The summed E-state index contributed by atoms with van der Waals surface area (Å²) in [7, 11) is -2.18. The van der Waals surface area contributed by atoms with Gasteiger partial charge in [0, 0.05) is 18.6 Å². The summed E-state index contributed by atoms with van der Waals surface area (Å²) < 4.78 is 39.5. The van der Waals surface area contributed by atoms with Gasteiger partial charge in [-0.15, -0.1) is 11.3 Å². The highest BCUT2D eigenvalue weighted by atomic mass is 35.5. The number of nitrogens with zero attached hydrogens (tertiary/aromatic N) is 2. The van der Waals surface area contributed by atoms with E-state index in [0.717, 1.165) is 11.3 Å². The molecule has 1 aromatic carbocycles. The number of benzene rings is 1. The molecule has 0 aliphatic carbocycles. The van der Waals surface area contributed by atoms with E-state index < -0.39 is 15.8 Å². The molecule has 0 fully saturated rings. The fourth-order valence-electron chi connectivity index (χ4n) is 1.87. The lowest BCUT2D eigenvalue weighted by atomic mass is 10.2. The van der Waals surface area contributed by atoms with Gasteiger partial charge >= 0.3 is 0 Å². The number of thiazole rings is 1. The first-order valence-electron chi connectivity index (χ1n) is 6.06. The molecule has 0 aliphatic heterocycles. The molecule has 0 saturated carbocycles. The summed E-state index contributed by atoms with van der Waals surface area (Å²) in [4.78, 5) is 4.13. The predicted octanol–water partition coefficient (Wildman–Crippen LogP) is 3.37. The van der Waals surface area contributed by atoms with Gasteiger partial charge in [-0.25, -0.2) is 17.8 Å². The molecule has 4 nitrogen and oxygen atoms in total. The molecule has 1 heterocycles. The van der Waals surface area contributed by atoms with E-state index in [2.05, 4.69) is 4.98 Å². The average Bonchev–Trinajstić information content (AvgIpc) is 2.72. The number of aromatic nitrogens is 1. The first kappa shape index (κ1) is 16.4. The van der Waals surface area contributed by atoms with Crippen molar-refractivity contribution in [2.24, 2.45) is 0 Å². The fraction of sp³-hybridized carbons (Fsp3) is 0.308. The van der Waals surface area contributed by atoms with Gasteiger partial charge < -0.3 is 0 Å². The Bertz CT molecular complexity index is 774. The Hall–Kier alpha value is -1.02. The largest absolute Gasteiger partial charge is 0.254 e. The van der Waals surface area contributed by atoms with Crippen molar-refractivity contribution in [1.29, 1.82) is 0 Å². The maximum Gasteiger partial charge on any atom is 0.254 e. The van der Waals surface area contributed by atoms with Gasteiger partial charge in [0.2, 0.25) is 0 Å². The Kier molecular flexibility index (Phi) is 4.67. The molecule has 2 aromatic rings. The van der Waals surface area contributed by atoms with Crippen molar-refractivity contribution < 1.29 is 12.8 Å². The standard InChI is InChI=1S/C13H14ClFN2O2S2/c1-8-13(20-9(2)16-8)21(18,19)17(3)7-10-4-5-11(15)6-12(10)14/h4-6H,7H2,1-3H3. The van der Waals surface area contributed by atoms with Crippen molar-refractivity contribution in [3.8, 4) is 0 Å². The van der Waals surface area contributed by atoms with Crippen LogP contribution in [0.25, 0.3) is 0 Å². The third kappa shape index (κ3) is 3.42. The third-order valence-corrected chi connectivity index (χ3v) is 6.73. The molecule has 0 unspecified atom stereocenters. The smallest absolute Gasteiger partial charge is 0.245 e. The van der Waals surface area contributed by atoms with Gasteiger partial charge in [-0.1, -0.05) is 17.7 Å². The highest BCUT2D eigenvalue weighted by Gasteiger charge is 2.26. The number of sulfonamides is 1. The summed E-state index contributed by atoms with van der Waals surface area (Å²) in [5.74, 6) is -0.455. The van der Waals surface area contributed by atoms with Crippen molar-refractivity contribution in [3.05, 3.63) is 45.3 Å². The molecule has 1 aromatic heterocycles. The van der Waals surface area contributed by atoms with Crippen LogP contribution in [0.1, 0.15) is 16.3 Å². The Labute approximate surface area is 132 Å². The summed E-state index contributed by atoms with van der Waals surface area (Å²) in [6.45, 7) is 3.49. The number of rotatable bonds is 4. The van der Waals surface area contributed by atoms with Crippen LogP contribution in [-0.4, -0.2) is 24.8 Å². The summed E-state index contributed by atoms with van der Waals surface area (Å²) in [6, 6.07) is 3.90. The fourth-order valence-corrected chi connectivity index (χ4v) is 4.92. The summed E-state index contributed by atoms with van der Waals surface area (Å²) in [5, 5.41) is 0.897. The molecule has 0 bridgehead atoms. The number of halogens is 2. The van der Waals surface area contributed by atoms with Crippen molar-refractivity contribution in [2.75, 3.05) is 7.05 Å². The zero-order valence-electron chi connectivity index (χ0n) is 11.7. The second-order valence-corrected chi connectivity index (χ2v) is 8.45. The lowest BCUT2D eigenvalue weighted by Gasteiger charge is -2.17. The second kappa shape index (κ2) is 6.00. The lowest BCUT2D eigenvalue weighted by molar-refractivity contribution is 0.467. The quantitative estimate of drug-likeness (QED) is 0.851. The number of aryl methyl sites for hydroxylation is 2. The van der Waals surface area contributed by atoms with Crippen molar-refractivity contribution >= 4 is 33.0 Å². The molecule has 0 saturated heterocycles. The molecular formula is C13H14ClFN2O2S2. The van der Waals surface area contributed by atoms with E-state index in [0.29, 0.717) is 16.3 Å². The predicted molar refractivity (Wildman–Crippen MR) is 81.7 cm³/mol. The van der Waals surface area contributed by atoms with Crippen LogP contribution in [-0.2, 0) is 16.6 Å². The monoisotopic (exact) mass is 348 g/mol. The van der Waals surface area contributed by atoms with Crippen LogP contribution in [0, 0.1) is 19.7 Å². The minimum Gasteiger partial charge on any atom is -0.245 e. The van der Waals surface area contributed by atoms with E-state index in [9.17, 15) is 12.8 Å². The average molecular weight is 349 g/mol. The topological polar surface area (TPSA) is 50.3 Å². The first-order valence-corrected chi connectivity index (χ1v) is 8.69. The van der Waals surface area contributed by atoms with Crippen LogP contribution >= 0.6 is 22.9 Å². The summed E-state index contributed by atoms with van der Waals surface area (Å²) in [6.07, 6.45) is 0. The lowest BCUT2D eigenvalue weighted by Crippen LogP contribution is -2.26. The van der Waals surface area contributed by atoms with Crippen LogP contribution in [0.3, 0.4) is 0 Å². The zero-order chi connectivity index (χ0) is 15.8. The SMILES string of the molecule is Cc1nc(C)c(S(=O)(=O)N(C)Cc2ccc(F)cc2Cl)s1. The number of hydrogen-bond donors (Lipinski definition) is 0. The molecule has 0 atom stereocenters. The third-order valence-electron chi connectivity index (χ3n) is 2.91. The molecule has 0 aliphatic rings. The Morgan fingerprint density at radius 2 is 2.05 bits per heavy atom. The highest BCUT2D eigenvalue weighted by molar-refractivity contribution is 7.91. The molecular weight excluding hydrogens is 335 g/mol. The molecule has 0 spiro atoms. The van der Waals surface area contributed by atoms with E-state index >= 15 is 0 Å². The van der Waals surface area contributed by atoms with Crippen LogP contribution in [0.5, 0.6) is 0 Å². The van der Waals surface area contributed by atoms with Crippen LogP contribution in [0.4, 0.5) is 4.39 Å². The molecule has 0 N–H and O–H groups in total. The second-order valence-electron chi connectivity index (χ2n) is 4.60. The zero-order valence-corrected chi connectivity index (χ0v) is 14.1. The van der Waals surface area contributed by atoms with E-state index in [1.54, 1.807) is 13.8 Å². The maximum absolute atomic E-state index is 13.0. The molecule has 0 radical (unpaired) electrons. The van der Waals surface area contributed by atoms with Gasteiger partial charge in [-0.05, 0) is 31.5 Å². The van der Waals surface area contributed by atoms with Gasteiger partial charge in [0.15, 0.2) is 4.21 Å². The van der Waals surface area contributed by atoms with Crippen molar-refractivity contribution in [3.63, 3.8) is 0 Å². The molecule has 114 valence electrons. The van der Waals surface area contributed by atoms with Gasteiger partial charge in [-0.2, -0.15) is 4.31 Å². The van der Waals surface area contributed by atoms with Crippen LogP contribution in [0.2, 0.25) is 5.02 Å². The van der Waals surface area contributed by atoms with Crippen molar-refractivity contribution in [2.45, 2.75) is 24.6 Å². The molecule has 21 heavy (non-hydrogen) atoms. The Morgan fingerprint density at radius 3 is 2.57 bits per heavy atom. The van der Waals surface area contributed by atoms with Crippen LogP contribution in [0.15, 0.2) is 22.4 Å². The maximum atomic E-state index is 13.0. The summed E-state index contributed by atoms with van der Waals surface area (Å²) >= 11 is 7.07. The van der Waals surface area contributed by atoms with E-state index in [4.69, 9.17) is 11.6 Å². The molecule has 8 heteroatoms. The first-order chi connectivity index (χ1) is 9.71. The van der Waals surface area contributed by atoms with Gasteiger partial charge in [-0.3, -0.25) is 0 Å². The Balaban J connectivity index is 2.31. The normalized spacial score (nSPS) is 12.1. The van der Waals surface area contributed by atoms with Gasteiger partial charge in [0.05, 0.1) is 10.7 Å². The minimum atomic E-state index is -3.64. The molecule has 2 rings (SSSR count). The Morgan fingerprint density at radius 1 is 1.38 bits per heavy atom. The van der Waals surface area contributed by atoms with Gasteiger partial charge in [0.1, 0.15) is 5.82 Å². The van der Waals surface area contributed by atoms with E-state index in [-0.39, 0.29) is 15.8 Å². The highest BCUT2D eigenvalue weighted by Crippen LogP contribution is 2.27. The number of hydrogen-bond acceptors (Lipinski definition) is 4. The van der Waals surface area contributed by atoms with Crippen LogP contribution < -0.4 is 0 Å². The van der Waals surface area contributed by atoms with E-state index in [1.807, 2.05) is 0 Å². The minimum absolute atomic E-state index is 0.0673. The molecule has 0 amide bonds. The summed E-state index contributed by atoms with van der Waals surface area (Å²) in [5.41, 5.74) is 1.03.